The van der Waals surface area contributed by atoms with Crippen LogP contribution >= 0.6 is 0 Å². The maximum Gasteiger partial charge on any atom is 0.174 e. The van der Waals surface area contributed by atoms with E-state index in [4.69, 9.17) is 0 Å². The van der Waals surface area contributed by atoms with E-state index in [2.05, 4.69) is 54.5 Å². The molecule has 0 amide bonds. The van der Waals surface area contributed by atoms with Gasteiger partial charge in [0.1, 0.15) is 0 Å². The van der Waals surface area contributed by atoms with Crippen LogP contribution in [0.25, 0.3) is 10.8 Å². The number of carbonyl (C=O) groups is 1. The second-order valence-electron chi connectivity index (χ2n) is 7.91. The Bertz CT molecular complexity index is 881. The molecule has 0 N–H and O–H groups in total. The predicted octanol–water partition coefficient (Wildman–Crippen LogP) is 4.79. The van der Waals surface area contributed by atoms with Crippen molar-refractivity contribution in [3.63, 3.8) is 0 Å². The summed E-state index contributed by atoms with van der Waals surface area (Å²) >= 11 is 0. The SMILES string of the molecule is C=CCN1CCCN(c2ccc3c4c(cccc24)C(=O)C3(CC)CC)CC1. The van der Waals surface area contributed by atoms with Gasteiger partial charge in [-0.2, -0.15) is 0 Å². The van der Waals surface area contributed by atoms with Crippen LogP contribution in [0.3, 0.4) is 0 Å². The summed E-state index contributed by atoms with van der Waals surface area (Å²) in [4.78, 5) is 18.3. The molecule has 2 aliphatic rings. The zero-order valence-electron chi connectivity index (χ0n) is 16.6. The van der Waals surface area contributed by atoms with Crippen molar-refractivity contribution >= 4 is 22.2 Å². The third-order valence-electron chi connectivity index (χ3n) is 6.74. The number of rotatable bonds is 5. The van der Waals surface area contributed by atoms with Gasteiger partial charge in [0.25, 0.3) is 0 Å². The summed E-state index contributed by atoms with van der Waals surface area (Å²) < 4.78 is 0. The van der Waals surface area contributed by atoms with Crippen LogP contribution in [0.15, 0.2) is 43.0 Å². The van der Waals surface area contributed by atoms with Gasteiger partial charge in [-0.05, 0) is 36.3 Å². The van der Waals surface area contributed by atoms with Crippen molar-refractivity contribution in [2.75, 3.05) is 37.6 Å². The minimum atomic E-state index is -0.333. The molecule has 0 unspecified atom stereocenters. The molecule has 1 heterocycles. The third kappa shape index (κ3) is 2.71. The monoisotopic (exact) mass is 362 g/mol. The number of ketones is 1. The lowest BCUT2D eigenvalue weighted by Gasteiger charge is -2.28. The normalized spacial score (nSPS) is 19.5. The molecule has 4 rings (SSSR count). The minimum absolute atomic E-state index is 0.318. The molecule has 2 aromatic carbocycles. The highest BCUT2D eigenvalue weighted by molar-refractivity contribution is 6.22. The Balaban J connectivity index is 1.79. The maximum absolute atomic E-state index is 13.3. The Morgan fingerprint density at radius 3 is 2.63 bits per heavy atom. The Morgan fingerprint density at radius 2 is 1.89 bits per heavy atom. The highest BCUT2D eigenvalue weighted by Gasteiger charge is 2.44. The fourth-order valence-corrected chi connectivity index (χ4v) is 5.16. The van der Waals surface area contributed by atoms with Crippen molar-refractivity contribution in [1.82, 2.24) is 4.90 Å². The number of carbonyl (C=O) groups excluding carboxylic acids is 1. The topological polar surface area (TPSA) is 23.6 Å². The van der Waals surface area contributed by atoms with Gasteiger partial charge in [-0.25, -0.2) is 0 Å². The predicted molar refractivity (Wildman–Crippen MR) is 114 cm³/mol. The van der Waals surface area contributed by atoms with E-state index in [1.165, 1.54) is 22.0 Å². The van der Waals surface area contributed by atoms with Gasteiger partial charge in [0.2, 0.25) is 0 Å². The zero-order valence-corrected chi connectivity index (χ0v) is 16.6. The Labute approximate surface area is 162 Å². The van der Waals surface area contributed by atoms with Crippen LogP contribution in [0.4, 0.5) is 5.69 Å². The quantitative estimate of drug-likeness (QED) is 0.714. The highest BCUT2D eigenvalue weighted by atomic mass is 16.1. The molecule has 1 aliphatic heterocycles. The van der Waals surface area contributed by atoms with E-state index in [1.54, 1.807) is 0 Å². The molecular formula is C24H30N2O. The number of Topliss-reactive ketones (excluding diaryl/α,β-unsaturated/α-hetero) is 1. The van der Waals surface area contributed by atoms with Gasteiger partial charge in [-0.3, -0.25) is 9.69 Å². The molecule has 0 spiro atoms. The van der Waals surface area contributed by atoms with Gasteiger partial charge in [0, 0.05) is 49.4 Å². The van der Waals surface area contributed by atoms with Gasteiger partial charge in [-0.15, -0.1) is 6.58 Å². The van der Waals surface area contributed by atoms with E-state index in [0.29, 0.717) is 5.78 Å². The Kier molecular flexibility index (Phi) is 4.81. The molecule has 0 saturated carbocycles. The fraction of sp³-hybridized carbons (Fsp3) is 0.458. The molecule has 2 aromatic rings. The molecule has 0 radical (unpaired) electrons. The molecule has 1 fully saturated rings. The molecule has 3 heteroatoms. The summed E-state index contributed by atoms with van der Waals surface area (Å²) in [5.41, 5.74) is 3.12. The molecule has 0 atom stereocenters. The van der Waals surface area contributed by atoms with Crippen molar-refractivity contribution in [2.45, 2.75) is 38.5 Å². The number of anilines is 1. The first-order chi connectivity index (χ1) is 13.2. The first-order valence-corrected chi connectivity index (χ1v) is 10.4. The number of hydrogen-bond acceptors (Lipinski definition) is 3. The lowest BCUT2D eigenvalue weighted by atomic mass is 9.75. The summed E-state index contributed by atoms with van der Waals surface area (Å²) in [6.45, 7) is 13.4. The van der Waals surface area contributed by atoms with Gasteiger partial charge in [0.05, 0.1) is 5.41 Å². The van der Waals surface area contributed by atoms with Crippen LogP contribution in [0.1, 0.15) is 49.0 Å². The summed E-state index contributed by atoms with van der Waals surface area (Å²) in [5.74, 6) is 0.318. The number of nitrogens with zero attached hydrogens (tertiary/aromatic N) is 2. The van der Waals surface area contributed by atoms with E-state index < -0.39 is 0 Å². The lowest BCUT2D eigenvalue weighted by Crippen LogP contribution is -2.31. The minimum Gasteiger partial charge on any atom is -0.370 e. The van der Waals surface area contributed by atoms with E-state index in [9.17, 15) is 4.79 Å². The van der Waals surface area contributed by atoms with Gasteiger partial charge in [0.15, 0.2) is 5.78 Å². The van der Waals surface area contributed by atoms with Crippen LogP contribution in [-0.2, 0) is 5.41 Å². The Morgan fingerprint density at radius 1 is 1.07 bits per heavy atom. The first kappa shape index (κ1) is 18.2. The standard InChI is InChI=1S/C24H30N2O/c1-4-13-25-14-8-15-26(17-16-25)21-12-11-20-22-18(21)9-7-10-19(22)23(27)24(20,5-2)6-3/h4,7,9-12H,1,5-6,8,13-17H2,2-3H3. The summed E-state index contributed by atoms with van der Waals surface area (Å²) in [5, 5.41) is 2.45. The lowest BCUT2D eigenvalue weighted by molar-refractivity contribution is 0.0886. The van der Waals surface area contributed by atoms with Crippen LogP contribution < -0.4 is 4.90 Å². The fourth-order valence-electron chi connectivity index (χ4n) is 5.16. The average molecular weight is 363 g/mol. The van der Waals surface area contributed by atoms with Crippen LogP contribution in [-0.4, -0.2) is 43.4 Å². The summed E-state index contributed by atoms with van der Waals surface area (Å²) in [6.07, 6.45) is 4.89. The first-order valence-electron chi connectivity index (χ1n) is 10.4. The van der Waals surface area contributed by atoms with E-state index in [-0.39, 0.29) is 5.41 Å². The zero-order chi connectivity index (χ0) is 19.0. The number of hydrogen-bond donors (Lipinski definition) is 0. The molecule has 1 saturated heterocycles. The van der Waals surface area contributed by atoms with Crippen molar-refractivity contribution < 1.29 is 4.79 Å². The second kappa shape index (κ2) is 7.12. The van der Waals surface area contributed by atoms with Crippen LogP contribution in [0, 0.1) is 0 Å². The largest absolute Gasteiger partial charge is 0.370 e. The molecule has 0 bridgehead atoms. The molecular weight excluding hydrogens is 332 g/mol. The molecule has 27 heavy (non-hydrogen) atoms. The third-order valence-corrected chi connectivity index (χ3v) is 6.74. The van der Waals surface area contributed by atoms with Gasteiger partial charge >= 0.3 is 0 Å². The van der Waals surface area contributed by atoms with Crippen molar-refractivity contribution in [1.29, 1.82) is 0 Å². The van der Waals surface area contributed by atoms with Gasteiger partial charge in [-0.1, -0.05) is 44.2 Å². The molecule has 1 aliphatic carbocycles. The van der Waals surface area contributed by atoms with Crippen molar-refractivity contribution in [3.05, 3.63) is 54.1 Å². The van der Waals surface area contributed by atoms with E-state index in [0.717, 1.165) is 57.5 Å². The summed E-state index contributed by atoms with van der Waals surface area (Å²) in [6, 6.07) is 10.8. The van der Waals surface area contributed by atoms with Crippen LogP contribution in [0.5, 0.6) is 0 Å². The molecule has 0 aromatic heterocycles. The molecule has 3 nitrogen and oxygen atoms in total. The van der Waals surface area contributed by atoms with Crippen molar-refractivity contribution in [3.8, 4) is 0 Å². The highest BCUT2D eigenvalue weighted by Crippen LogP contribution is 2.48. The summed E-state index contributed by atoms with van der Waals surface area (Å²) in [7, 11) is 0. The van der Waals surface area contributed by atoms with Crippen molar-refractivity contribution in [2.24, 2.45) is 0 Å². The maximum atomic E-state index is 13.3. The van der Waals surface area contributed by atoms with Crippen LogP contribution in [0.2, 0.25) is 0 Å². The molecule has 142 valence electrons. The smallest absolute Gasteiger partial charge is 0.174 e. The van der Waals surface area contributed by atoms with E-state index >= 15 is 0 Å². The van der Waals surface area contributed by atoms with E-state index in [1.807, 2.05) is 12.1 Å². The average Bonchev–Trinajstić information content (AvgIpc) is 2.82. The van der Waals surface area contributed by atoms with Gasteiger partial charge < -0.3 is 4.90 Å². The Hall–Kier alpha value is -2.13. The number of benzene rings is 2. The second-order valence-corrected chi connectivity index (χ2v) is 7.91.